The van der Waals surface area contributed by atoms with Gasteiger partial charge in [-0.2, -0.15) is 0 Å². The molecule has 2 aliphatic rings. The molecule has 0 radical (unpaired) electrons. The molecular weight excluding hydrogens is 901 g/mol. The Hall–Kier alpha value is -2.80. The molecule has 70 heavy (non-hydrogen) atoms. The fourth-order valence-corrected chi connectivity index (χ4v) is 8.02. The number of carbonyl (C=O) groups is 2. The molecule has 0 aliphatic carbocycles. The zero-order chi connectivity index (χ0) is 51.0. The van der Waals surface area contributed by atoms with Crippen LogP contribution in [0.4, 0.5) is 0 Å². The predicted octanol–water partition coefficient (Wildman–Crippen LogP) is 8.05. The van der Waals surface area contributed by atoms with Gasteiger partial charge < -0.3 is 64.2 Å². The van der Waals surface area contributed by atoms with Gasteiger partial charge in [-0.1, -0.05) is 145 Å². The summed E-state index contributed by atoms with van der Waals surface area (Å²) in [6.45, 7) is 2.51. The second-order valence-corrected chi connectivity index (χ2v) is 18.7. The van der Waals surface area contributed by atoms with Gasteiger partial charge >= 0.3 is 11.9 Å². The van der Waals surface area contributed by atoms with Gasteiger partial charge in [0.15, 0.2) is 18.7 Å². The number of hydrogen-bond donors (Lipinski definition) is 7. The average Bonchev–Trinajstić information content (AvgIpc) is 3.35. The third-order valence-corrected chi connectivity index (χ3v) is 12.5. The molecule has 0 aromatic heterocycles. The molecule has 2 saturated heterocycles. The van der Waals surface area contributed by atoms with Crippen LogP contribution in [0.15, 0.2) is 60.8 Å². The second kappa shape index (κ2) is 41.6. The number of hydrogen-bond acceptors (Lipinski definition) is 15. The molecular formula is C55H94O15. The van der Waals surface area contributed by atoms with Crippen molar-refractivity contribution < 1.29 is 73.8 Å². The molecule has 15 heteroatoms. The summed E-state index contributed by atoms with van der Waals surface area (Å²) >= 11 is 0. The van der Waals surface area contributed by atoms with Crippen LogP contribution in [0, 0.1) is 0 Å². The summed E-state index contributed by atoms with van der Waals surface area (Å²) in [5, 5.41) is 72.1. The lowest BCUT2D eigenvalue weighted by Crippen LogP contribution is -2.61. The van der Waals surface area contributed by atoms with E-state index in [9.17, 15) is 45.3 Å². The van der Waals surface area contributed by atoms with Crippen molar-refractivity contribution in [1.82, 2.24) is 0 Å². The Morgan fingerprint density at radius 3 is 1.39 bits per heavy atom. The van der Waals surface area contributed by atoms with Crippen molar-refractivity contribution in [3.05, 3.63) is 60.8 Å². The van der Waals surface area contributed by atoms with Crippen molar-refractivity contribution >= 4 is 11.9 Å². The van der Waals surface area contributed by atoms with Crippen molar-refractivity contribution in [3.8, 4) is 0 Å². The van der Waals surface area contributed by atoms with Gasteiger partial charge in [0.25, 0.3) is 0 Å². The molecule has 7 N–H and O–H groups in total. The number of allylic oxidation sites excluding steroid dienone is 10. The van der Waals surface area contributed by atoms with E-state index in [1.807, 2.05) is 0 Å². The number of aliphatic hydroxyl groups excluding tert-OH is 7. The molecule has 2 fully saturated rings. The Morgan fingerprint density at radius 2 is 0.857 bits per heavy atom. The maximum Gasteiger partial charge on any atom is 0.306 e. The smallest absolute Gasteiger partial charge is 0.306 e. The number of esters is 2. The van der Waals surface area contributed by atoms with E-state index in [0.717, 1.165) is 70.6 Å². The topological polar surface area (TPSA) is 231 Å². The van der Waals surface area contributed by atoms with Crippen molar-refractivity contribution in [3.63, 3.8) is 0 Å². The lowest BCUT2D eigenvalue weighted by atomic mass is 9.98. The highest BCUT2D eigenvalue weighted by atomic mass is 16.7. The molecule has 15 nitrogen and oxygen atoms in total. The van der Waals surface area contributed by atoms with Crippen molar-refractivity contribution in [2.75, 3.05) is 26.4 Å². The lowest BCUT2D eigenvalue weighted by molar-refractivity contribution is -0.332. The lowest BCUT2D eigenvalue weighted by Gasteiger charge is -2.42. The van der Waals surface area contributed by atoms with Crippen molar-refractivity contribution in [1.29, 1.82) is 0 Å². The van der Waals surface area contributed by atoms with Crippen molar-refractivity contribution in [2.24, 2.45) is 0 Å². The summed E-state index contributed by atoms with van der Waals surface area (Å²) in [6, 6.07) is 0. The number of ether oxygens (including phenoxy) is 6. The van der Waals surface area contributed by atoms with Gasteiger partial charge in [0.05, 0.1) is 19.8 Å². The normalized spacial score (nSPS) is 25.8. The Balaban J connectivity index is 1.82. The Bertz CT molecular complexity index is 1450. The molecule has 2 heterocycles. The molecule has 4 unspecified atom stereocenters. The van der Waals surface area contributed by atoms with E-state index < -0.39 is 99.3 Å². The van der Waals surface area contributed by atoms with Gasteiger partial charge in [0.2, 0.25) is 0 Å². The summed E-state index contributed by atoms with van der Waals surface area (Å²) in [6.07, 6.45) is 31.0. The quantitative estimate of drug-likeness (QED) is 0.0175. The maximum absolute atomic E-state index is 13.0. The first-order valence-electron chi connectivity index (χ1n) is 26.9. The number of aliphatic hydroxyl groups is 7. The molecule has 0 bridgehead atoms. The number of unbranched alkanes of at least 4 members (excludes halogenated alkanes) is 17. The SMILES string of the molecule is CCCCC/C=C/C/C=C/C/C=C/C/C=C/CCCCCC(=O)OC[C@@H](CO[C@@H]1O[C@H](CO[C@@H]2O[C@H](CO)[C@H](O)C(O)C2O)[C@H](O)C(O)C1O)OC(=O)CCCCC/C=C/CCCCCCCCCC. The highest BCUT2D eigenvalue weighted by Gasteiger charge is 2.47. The highest BCUT2D eigenvalue weighted by molar-refractivity contribution is 5.70. The zero-order valence-corrected chi connectivity index (χ0v) is 42.7. The first-order chi connectivity index (χ1) is 34.0. The van der Waals surface area contributed by atoms with E-state index in [4.69, 9.17) is 28.4 Å². The summed E-state index contributed by atoms with van der Waals surface area (Å²) in [4.78, 5) is 25.8. The van der Waals surface area contributed by atoms with Crippen LogP contribution in [0.25, 0.3) is 0 Å². The first kappa shape index (κ1) is 63.3. The van der Waals surface area contributed by atoms with Gasteiger partial charge in [-0.05, 0) is 83.5 Å². The predicted molar refractivity (Wildman–Crippen MR) is 270 cm³/mol. The number of carbonyl (C=O) groups excluding carboxylic acids is 2. The first-order valence-corrected chi connectivity index (χ1v) is 26.9. The third kappa shape index (κ3) is 29.0. The largest absolute Gasteiger partial charge is 0.462 e. The molecule has 2 aliphatic heterocycles. The molecule has 0 spiro atoms. The van der Waals surface area contributed by atoms with Crippen LogP contribution in [0.3, 0.4) is 0 Å². The van der Waals surface area contributed by atoms with Crippen molar-refractivity contribution in [2.45, 2.75) is 248 Å². The molecule has 0 saturated carbocycles. The molecule has 0 amide bonds. The van der Waals surface area contributed by atoms with Crippen LogP contribution < -0.4 is 0 Å². The fraction of sp³-hybridized carbons (Fsp3) is 0.782. The number of rotatable bonds is 41. The fourth-order valence-electron chi connectivity index (χ4n) is 8.02. The third-order valence-electron chi connectivity index (χ3n) is 12.5. The summed E-state index contributed by atoms with van der Waals surface area (Å²) < 4.78 is 33.6. The Kier molecular flexibility index (Phi) is 37.7. The van der Waals surface area contributed by atoms with Gasteiger partial charge in [-0.25, -0.2) is 0 Å². The van der Waals surface area contributed by atoms with E-state index in [1.165, 1.54) is 70.6 Å². The minimum absolute atomic E-state index is 0.136. The van der Waals surface area contributed by atoms with Crippen LogP contribution in [0.1, 0.15) is 181 Å². The molecule has 2 rings (SSSR count). The van der Waals surface area contributed by atoms with Gasteiger partial charge in [-0.3, -0.25) is 9.59 Å². The molecule has 0 aromatic rings. The van der Waals surface area contributed by atoms with E-state index in [0.29, 0.717) is 12.8 Å². The molecule has 404 valence electrons. The Labute approximate surface area is 420 Å². The van der Waals surface area contributed by atoms with Gasteiger partial charge in [-0.15, -0.1) is 0 Å². The summed E-state index contributed by atoms with van der Waals surface area (Å²) in [5.74, 6) is -0.981. The maximum atomic E-state index is 13.0. The minimum atomic E-state index is -1.77. The molecule has 0 aromatic carbocycles. The standard InChI is InChI=1S/C55H94O15/c1-3-5-7-9-11-13-15-17-19-20-21-22-24-25-27-29-31-33-35-37-46(57)65-40-43(68-47(58)38-36-34-32-30-28-26-23-18-16-14-12-10-8-6-4-2)41-66-54-53(64)51(62)49(60)45(70-54)42-67-55-52(63)50(61)48(59)44(39-56)69-55/h11,13,17,19,21-22,25-28,43-45,48-56,59-64H,3-10,12,14-16,18,20,23-24,29-42H2,1-2H3/b13-11+,19-17+,22-21+,27-25+,28-26+/t43-,44+,45+,48-,49-,50?,51?,52?,53?,54+,55+/m0/s1. The van der Waals surface area contributed by atoms with Gasteiger partial charge in [0, 0.05) is 12.8 Å². The van der Waals surface area contributed by atoms with Crippen LogP contribution in [0.5, 0.6) is 0 Å². The van der Waals surface area contributed by atoms with Crippen LogP contribution in [-0.4, -0.2) is 142 Å². The highest BCUT2D eigenvalue weighted by Crippen LogP contribution is 2.26. The summed E-state index contributed by atoms with van der Waals surface area (Å²) in [7, 11) is 0. The minimum Gasteiger partial charge on any atom is -0.462 e. The van der Waals surface area contributed by atoms with E-state index in [2.05, 4.69) is 74.6 Å². The molecule has 11 atom stereocenters. The van der Waals surface area contributed by atoms with E-state index >= 15 is 0 Å². The van der Waals surface area contributed by atoms with E-state index in [-0.39, 0.29) is 19.4 Å². The average molecular weight is 995 g/mol. The van der Waals surface area contributed by atoms with Gasteiger partial charge in [0.1, 0.15) is 55.4 Å². The van der Waals surface area contributed by atoms with Crippen LogP contribution in [-0.2, 0) is 38.0 Å². The van der Waals surface area contributed by atoms with Crippen LogP contribution >= 0.6 is 0 Å². The van der Waals surface area contributed by atoms with E-state index in [1.54, 1.807) is 0 Å². The monoisotopic (exact) mass is 995 g/mol. The van der Waals surface area contributed by atoms with Crippen LogP contribution in [0.2, 0.25) is 0 Å². The zero-order valence-electron chi connectivity index (χ0n) is 42.7. The second-order valence-electron chi connectivity index (χ2n) is 18.7. The Morgan fingerprint density at radius 1 is 0.457 bits per heavy atom. The summed E-state index contributed by atoms with van der Waals surface area (Å²) in [5.41, 5.74) is 0.